The average molecular weight is 212 g/mol. The molecule has 1 fully saturated rings. The first-order chi connectivity index (χ1) is 6.77. The highest BCUT2D eigenvalue weighted by atomic mass is 15.2. The SMILES string of the molecule is CCN1CCN(C)C(C)(C)CC(C)(C)C1. The van der Waals surface area contributed by atoms with Gasteiger partial charge in [-0.1, -0.05) is 20.8 Å². The van der Waals surface area contributed by atoms with E-state index in [-0.39, 0.29) is 0 Å². The second-order valence-corrected chi connectivity index (χ2v) is 6.44. The van der Waals surface area contributed by atoms with Gasteiger partial charge in [-0.25, -0.2) is 0 Å². The Morgan fingerprint density at radius 1 is 1.07 bits per heavy atom. The zero-order valence-electron chi connectivity index (χ0n) is 11.4. The molecule has 0 N–H and O–H groups in total. The average Bonchev–Trinajstić information content (AvgIpc) is 2.08. The summed E-state index contributed by atoms with van der Waals surface area (Å²) >= 11 is 0. The fraction of sp³-hybridized carbons (Fsp3) is 1.00. The van der Waals surface area contributed by atoms with Crippen molar-refractivity contribution >= 4 is 0 Å². The van der Waals surface area contributed by atoms with Crippen LogP contribution >= 0.6 is 0 Å². The summed E-state index contributed by atoms with van der Waals surface area (Å²) in [6.07, 6.45) is 1.27. The van der Waals surface area contributed by atoms with Gasteiger partial charge in [0.25, 0.3) is 0 Å². The van der Waals surface area contributed by atoms with E-state index >= 15 is 0 Å². The molecule has 1 rings (SSSR count). The molecule has 0 aromatic heterocycles. The Bertz CT molecular complexity index is 209. The lowest BCUT2D eigenvalue weighted by molar-refractivity contribution is 0.0357. The number of hydrogen-bond acceptors (Lipinski definition) is 2. The number of likely N-dealkylation sites (N-methyl/N-ethyl adjacent to an activating group) is 2. The van der Waals surface area contributed by atoms with E-state index in [1.54, 1.807) is 0 Å². The summed E-state index contributed by atoms with van der Waals surface area (Å²) in [5.41, 5.74) is 0.761. The zero-order chi connectivity index (χ0) is 11.7. The number of hydrogen-bond donors (Lipinski definition) is 0. The highest BCUT2D eigenvalue weighted by molar-refractivity contribution is 4.90. The Kier molecular flexibility index (Phi) is 3.83. The first-order valence-corrected chi connectivity index (χ1v) is 6.20. The normalized spacial score (nSPS) is 28.4. The maximum absolute atomic E-state index is 2.58. The predicted octanol–water partition coefficient (Wildman–Crippen LogP) is 2.45. The van der Waals surface area contributed by atoms with Crippen molar-refractivity contribution in [2.24, 2.45) is 5.41 Å². The maximum atomic E-state index is 2.58. The molecule has 0 bridgehead atoms. The van der Waals surface area contributed by atoms with Crippen molar-refractivity contribution in [1.82, 2.24) is 9.80 Å². The quantitative estimate of drug-likeness (QED) is 0.659. The molecule has 1 aliphatic rings. The first kappa shape index (κ1) is 13.0. The van der Waals surface area contributed by atoms with Gasteiger partial charge in [0.2, 0.25) is 0 Å². The van der Waals surface area contributed by atoms with Crippen LogP contribution in [-0.4, -0.2) is 48.6 Å². The van der Waals surface area contributed by atoms with Crippen molar-refractivity contribution in [3.05, 3.63) is 0 Å². The summed E-state index contributed by atoms with van der Waals surface area (Å²) in [6.45, 7) is 16.6. The van der Waals surface area contributed by atoms with Crippen molar-refractivity contribution in [2.75, 3.05) is 33.2 Å². The largest absolute Gasteiger partial charge is 0.302 e. The van der Waals surface area contributed by atoms with Crippen LogP contribution in [0.15, 0.2) is 0 Å². The molecule has 2 nitrogen and oxygen atoms in total. The fourth-order valence-electron chi connectivity index (χ4n) is 2.91. The standard InChI is InChI=1S/C13H28N2/c1-7-15-9-8-14(6)13(4,5)10-12(2,3)11-15/h7-11H2,1-6H3. The molecule has 1 heterocycles. The lowest BCUT2D eigenvalue weighted by Gasteiger charge is -2.46. The third-order valence-electron chi connectivity index (χ3n) is 3.80. The van der Waals surface area contributed by atoms with E-state index < -0.39 is 0 Å². The topological polar surface area (TPSA) is 6.48 Å². The minimum Gasteiger partial charge on any atom is -0.302 e. The van der Waals surface area contributed by atoms with E-state index in [0.29, 0.717) is 11.0 Å². The Morgan fingerprint density at radius 3 is 2.20 bits per heavy atom. The Balaban J connectivity index is 2.77. The maximum Gasteiger partial charge on any atom is 0.0156 e. The summed E-state index contributed by atoms with van der Waals surface area (Å²) in [5, 5.41) is 0. The molecule has 0 spiro atoms. The van der Waals surface area contributed by atoms with Crippen LogP contribution in [0, 0.1) is 5.41 Å². The summed E-state index contributed by atoms with van der Waals surface area (Å²) in [7, 11) is 2.26. The minimum absolute atomic E-state index is 0.337. The van der Waals surface area contributed by atoms with E-state index in [0.717, 1.165) is 0 Å². The molecule has 0 unspecified atom stereocenters. The molecule has 1 saturated heterocycles. The molecule has 0 aromatic carbocycles. The second kappa shape index (κ2) is 4.42. The highest BCUT2D eigenvalue weighted by Gasteiger charge is 2.34. The third-order valence-corrected chi connectivity index (χ3v) is 3.80. The van der Waals surface area contributed by atoms with Gasteiger partial charge in [0.15, 0.2) is 0 Å². The first-order valence-electron chi connectivity index (χ1n) is 6.20. The Labute approximate surface area is 95.6 Å². The van der Waals surface area contributed by atoms with E-state index in [2.05, 4.69) is 51.5 Å². The van der Waals surface area contributed by atoms with E-state index in [1.807, 2.05) is 0 Å². The van der Waals surface area contributed by atoms with Gasteiger partial charge >= 0.3 is 0 Å². The van der Waals surface area contributed by atoms with Crippen LogP contribution in [0.2, 0.25) is 0 Å². The van der Waals surface area contributed by atoms with Crippen LogP contribution < -0.4 is 0 Å². The fourth-order valence-corrected chi connectivity index (χ4v) is 2.91. The van der Waals surface area contributed by atoms with Crippen LogP contribution in [0.25, 0.3) is 0 Å². The van der Waals surface area contributed by atoms with Crippen molar-refractivity contribution in [3.8, 4) is 0 Å². The van der Waals surface area contributed by atoms with Gasteiger partial charge in [0.1, 0.15) is 0 Å². The summed E-state index contributed by atoms with van der Waals surface area (Å²) in [6, 6.07) is 0. The van der Waals surface area contributed by atoms with Crippen molar-refractivity contribution in [3.63, 3.8) is 0 Å². The van der Waals surface area contributed by atoms with Crippen LogP contribution in [0.4, 0.5) is 0 Å². The summed E-state index contributed by atoms with van der Waals surface area (Å²) < 4.78 is 0. The molecule has 90 valence electrons. The molecule has 0 radical (unpaired) electrons. The van der Waals surface area contributed by atoms with Crippen LogP contribution in [0.5, 0.6) is 0 Å². The molecule has 0 saturated carbocycles. The molecule has 15 heavy (non-hydrogen) atoms. The predicted molar refractivity (Wildman–Crippen MR) is 67.2 cm³/mol. The number of nitrogens with zero attached hydrogens (tertiary/aromatic N) is 2. The molecule has 0 aliphatic carbocycles. The van der Waals surface area contributed by atoms with E-state index in [4.69, 9.17) is 0 Å². The summed E-state index contributed by atoms with van der Waals surface area (Å²) in [5.74, 6) is 0. The van der Waals surface area contributed by atoms with Gasteiger partial charge in [0, 0.05) is 25.2 Å². The third kappa shape index (κ3) is 3.46. The van der Waals surface area contributed by atoms with Crippen LogP contribution in [-0.2, 0) is 0 Å². The van der Waals surface area contributed by atoms with Crippen LogP contribution in [0.3, 0.4) is 0 Å². The molecule has 1 aliphatic heterocycles. The molecular formula is C13H28N2. The molecule has 0 amide bonds. The minimum atomic E-state index is 0.337. The van der Waals surface area contributed by atoms with Gasteiger partial charge in [-0.2, -0.15) is 0 Å². The lowest BCUT2D eigenvalue weighted by atomic mass is 9.78. The van der Waals surface area contributed by atoms with Gasteiger partial charge in [-0.3, -0.25) is 4.90 Å². The number of rotatable bonds is 1. The smallest absolute Gasteiger partial charge is 0.0156 e. The lowest BCUT2D eigenvalue weighted by Crippen LogP contribution is -2.52. The van der Waals surface area contributed by atoms with Gasteiger partial charge in [0.05, 0.1) is 0 Å². The molecular weight excluding hydrogens is 184 g/mol. The Morgan fingerprint density at radius 2 is 1.67 bits per heavy atom. The summed E-state index contributed by atoms with van der Waals surface area (Å²) in [4.78, 5) is 5.09. The van der Waals surface area contributed by atoms with E-state index in [1.165, 1.54) is 32.6 Å². The Hall–Kier alpha value is -0.0800. The molecule has 2 heteroatoms. The van der Waals surface area contributed by atoms with Crippen LogP contribution in [0.1, 0.15) is 41.0 Å². The van der Waals surface area contributed by atoms with Gasteiger partial charge < -0.3 is 4.90 Å². The molecule has 0 aromatic rings. The van der Waals surface area contributed by atoms with Crippen molar-refractivity contribution in [2.45, 2.75) is 46.6 Å². The van der Waals surface area contributed by atoms with Gasteiger partial charge in [-0.15, -0.1) is 0 Å². The van der Waals surface area contributed by atoms with E-state index in [9.17, 15) is 0 Å². The highest BCUT2D eigenvalue weighted by Crippen LogP contribution is 2.33. The van der Waals surface area contributed by atoms with Crippen molar-refractivity contribution < 1.29 is 0 Å². The van der Waals surface area contributed by atoms with Crippen molar-refractivity contribution in [1.29, 1.82) is 0 Å². The monoisotopic (exact) mass is 212 g/mol. The van der Waals surface area contributed by atoms with Gasteiger partial charge in [-0.05, 0) is 39.3 Å². The molecule has 0 atom stereocenters. The zero-order valence-corrected chi connectivity index (χ0v) is 11.4. The second-order valence-electron chi connectivity index (χ2n) is 6.44.